The second-order valence-electron chi connectivity index (χ2n) is 6.41. The molecular formula is C20H27O2PS2. The standard InChI is InChI=1S/C20H27O2PS2/c1-5-15(3)17-7-11-19(12-8-17)21-23(24,25)22-20-13-9-18(10-14-20)16(4)6-2/h7-16H,5-6H2,1-4H3,(H,24,25). The van der Waals surface area contributed by atoms with Gasteiger partial charge in [-0.3, -0.25) is 0 Å². The fourth-order valence-corrected chi connectivity index (χ4v) is 4.37. The smallest absolute Gasteiger partial charge is 0.345 e. The van der Waals surface area contributed by atoms with Crippen LogP contribution in [0.5, 0.6) is 11.5 Å². The predicted octanol–water partition coefficient (Wildman–Crippen LogP) is 7.33. The molecule has 2 aromatic carbocycles. The summed E-state index contributed by atoms with van der Waals surface area (Å²) in [5, 5.41) is 0. The van der Waals surface area contributed by atoms with Crippen LogP contribution in [-0.4, -0.2) is 0 Å². The highest BCUT2D eigenvalue weighted by Gasteiger charge is 2.17. The Balaban J connectivity index is 2.02. The summed E-state index contributed by atoms with van der Waals surface area (Å²) in [6, 6.07) is 16.1. The number of hydrogen-bond acceptors (Lipinski definition) is 3. The number of benzene rings is 2. The van der Waals surface area contributed by atoms with Gasteiger partial charge < -0.3 is 9.05 Å². The molecule has 0 aliphatic heterocycles. The Bertz CT molecular complexity index is 654. The van der Waals surface area contributed by atoms with E-state index in [9.17, 15) is 0 Å². The molecule has 2 rings (SSSR count). The lowest BCUT2D eigenvalue weighted by Crippen LogP contribution is -1.97. The first kappa shape index (κ1) is 20.4. The van der Waals surface area contributed by atoms with Crippen LogP contribution in [0, 0.1) is 0 Å². The normalized spacial score (nSPS) is 15.9. The highest BCUT2D eigenvalue weighted by Crippen LogP contribution is 2.53. The van der Waals surface area contributed by atoms with Crippen LogP contribution in [0.25, 0.3) is 0 Å². The lowest BCUT2D eigenvalue weighted by atomic mass is 9.99. The zero-order valence-corrected chi connectivity index (χ0v) is 17.9. The van der Waals surface area contributed by atoms with Crippen molar-refractivity contribution >= 4 is 29.7 Å². The van der Waals surface area contributed by atoms with Gasteiger partial charge >= 0.3 is 5.69 Å². The minimum absolute atomic E-state index is 0.536. The zero-order chi connectivity index (χ0) is 18.4. The molecule has 5 heteroatoms. The van der Waals surface area contributed by atoms with Crippen LogP contribution < -0.4 is 9.05 Å². The first-order valence-corrected chi connectivity index (χ1v) is 12.6. The number of rotatable bonds is 8. The van der Waals surface area contributed by atoms with E-state index in [4.69, 9.17) is 20.9 Å². The number of hydrogen-bond donors (Lipinski definition) is 1. The molecular weight excluding hydrogens is 367 g/mol. The molecule has 0 aliphatic rings. The topological polar surface area (TPSA) is 18.5 Å². The highest BCUT2D eigenvalue weighted by molar-refractivity contribution is 8.60. The average Bonchev–Trinajstić information content (AvgIpc) is 2.61. The molecule has 0 aromatic heterocycles. The van der Waals surface area contributed by atoms with E-state index >= 15 is 0 Å². The van der Waals surface area contributed by atoms with Crippen LogP contribution in [-0.2, 0) is 11.8 Å². The molecule has 0 aliphatic carbocycles. The Labute approximate surface area is 162 Å². The summed E-state index contributed by atoms with van der Waals surface area (Å²) >= 11 is 9.91. The minimum Gasteiger partial charge on any atom is -0.428 e. The molecule has 2 nitrogen and oxygen atoms in total. The van der Waals surface area contributed by atoms with E-state index in [2.05, 4.69) is 64.2 Å². The number of thiol groups is 1. The first-order valence-electron chi connectivity index (χ1n) is 8.76. The van der Waals surface area contributed by atoms with Gasteiger partial charge in [-0.05, 0) is 71.9 Å². The maximum absolute atomic E-state index is 5.84. The predicted molar refractivity (Wildman–Crippen MR) is 115 cm³/mol. The van der Waals surface area contributed by atoms with Crippen molar-refractivity contribution in [2.24, 2.45) is 0 Å². The largest absolute Gasteiger partial charge is 0.428 e. The van der Waals surface area contributed by atoms with Crippen molar-refractivity contribution in [2.45, 2.75) is 52.4 Å². The van der Waals surface area contributed by atoms with Gasteiger partial charge in [0.1, 0.15) is 11.5 Å². The third-order valence-electron chi connectivity index (χ3n) is 4.56. The quantitative estimate of drug-likeness (QED) is 0.373. The summed E-state index contributed by atoms with van der Waals surface area (Å²) in [4.78, 5) is 0. The molecule has 0 radical (unpaired) electrons. The van der Waals surface area contributed by atoms with E-state index < -0.39 is 5.69 Å². The molecule has 0 spiro atoms. The van der Waals surface area contributed by atoms with Crippen LogP contribution in [0.3, 0.4) is 0 Å². The van der Waals surface area contributed by atoms with Gasteiger partial charge in [0, 0.05) is 0 Å². The van der Waals surface area contributed by atoms with Gasteiger partial charge in [0.05, 0.1) is 0 Å². The summed E-state index contributed by atoms with van der Waals surface area (Å²) in [5.74, 6) is 2.46. The van der Waals surface area contributed by atoms with Crippen molar-refractivity contribution in [2.75, 3.05) is 0 Å². The van der Waals surface area contributed by atoms with E-state index in [1.165, 1.54) is 11.1 Å². The summed E-state index contributed by atoms with van der Waals surface area (Å²) in [6.45, 7) is 8.79. The van der Waals surface area contributed by atoms with Gasteiger partial charge in [-0.15, -0.1) is 0 Å². The molecule has 0 saturated carbocycles. The summed E-state index contributed by atoms with van der Waals surface area (Å²) < 4.78 is 11.7. The fourth-order valence-electron chi connectivity index (χ4n) is 2.47. The van der Waals surface area contributed by atoms with Crippen molar-refractivity contribution in [1.82, 2.24) is 0 Å². The Hall–Kier alpha value is -0.960. The lowest BCUT2D eigenvalue weighted by molar-refractivity contribution is 0.506. The molecule has 25 heavy (non-hydrogen) atoms. The van der Waals surface area contributed by atoms with Gasteiger partial charge in [0.25, 0.3) is 0 Å². The van der Waals surface area contributed by atoms with Crippen LogP contribution >= 0.6 is 17.9 Å². The third kappa shape index (κ3) is 6.06. The molecule has 2 unspecified atom stereocenters. The second-order valence-corrected chi connectivity index (χ2v) is 11.5. The first-order chi connectivity index (χ1) is 11.8. The Kier molecular flexibility index (Phi) is 7.42. The van der Waals surface area contributed by atoms with E-state index in [0.29, 0.717) is 23.3 Å². The Morgan fingerprint density at radius 2 is 1.12 bits per heavy atom. The molecule has 136 valence electrons. The molecule has 0 N–H and O–H groups in total. The van der Waals surface area contributed by atoms with Gasteiger partial charge in [0.15, 0.2) is 0 Å². The molecule has 0 heterocycles. The van der Waals surface area contributed by atoms with E-state index in [1.807, 2.05) is 24.3 Å². The van der Waals surface area contributed by atoms with E-state index in [1.54, 1.807) is 0 Å². The van der Waals surface area contributed by atoms with E-state index in [0.717, 1.165) is 12.8 Å². The van der Waals surface area contributed by atoms with Crippen molar-refractivity contribution < 1.29 is 9.05 Å². The highest BCUT2D eigenvalue weighted by atomic mass is 32.9. The van der Waals surface area contributed by atoms with Crippen molar-refractivity contribution in [3.8, 4) is 11.5 Å². The minimum atomic E-state index is -2.70. The maximum Gasteiger partial charge on any atom is 0.345 e. The van der Waals surface area contributed by atoms with Crippen LogP contribution in [0.15, 0.2) is 48.5 Å². The van der Waals surface area contributed by atoms with Crippen LogP contribution in [0.1, 0.15) is 63.5 Å². The van der Waals surface area contributed by atoms with Gasteiger partial charge in [0.2, 0.25) is 0 Å². The van der Waals surface area contributed by atoms with Crippen molar-refractivity contribution in [3.63, 3.8) is 0 Å². The summed E-state index contributed by atoms with van der Waals surface area (Å²) in [5.41, 5.74) is -0.110. The second kappa shape index (κ2) is 9.12. The van der Waals surface area contributed by atoms with Gasteiger partial charge in [-0.1, -0.05) is 64.2 Å². The summed E-state index contributed by atoms with van der Waals surface area (Å²) in [7, 11) is 0. The molecule has 2 aromatic rings. The van der Waals surface area contributed by atoms with Gasteiger partial charge in [-0.2, -0.15) is 0 Å². The molecule has 0 bridgehead atoms. The third-order valence-corrected chi connectivity index (χ3v) is 6.38. The van der Waals surface area contributed by atoms with Gasteiger partial charge in [-0.25, -0.2) is 0 Å². The molecule has 0 fully saturated rings. The molecule has 0 saturated heterocycles. The SMILES string of the molecule is CCC(C)c1ccc(OP(=S)(S)Oc2ccc(C(C)CC)cc2)cc1. The maximum atomic E-state index is 5.84. The van der Waals surface area contributed by atoms with Crippen molar-refractivity contribution in [1.29, 1.82) is 0 Å². The molecule has 2 atom stereocenters. The Morgan fingerprint density at radius 3 is 1.40 bits per heavy atom. The summed E-state index contributed by atoms with van der Waals surface area (Å²) in [6.07, 6.45) is 2.22. The monoisotopic (exact) mass is 394 g/mol. The molecule has 0 amide bonds. The van der Waals surface area contributed by atoms with E-state index in [-0.39, 0.29) is 0 Å². The van der Waals surface area contributed by atoms with Crippen LogP contribution in [0.4, 0.5) is 0 Å². The van der Waals surface area contributed by atoms with Crippen LogP contribution in [0.2, 0.25) is 0 Å². The average molecular weight is 395 g/mol. The zero-order valence-electron chi connectivity index (χ0n) is 15.3. The lowest BCUT2D eigenvalue weighted by Gasteiger charge is -2.19. The fraction of sp³-hybridized carbons (Fsp3) is 0.400. The Morgan fingerprint density at radius 1 is 0.800 bits per heavy atom. The van der Waals surface area contributed by atoms with Crippen molar-refractivity contribution in [3.05, 3.63) is 59.7 Å².